The Morgan fingerprint density at radius 1 is 1.24 bits per heavy atom. The van der Waals surface area contributed by atoms with Crippen molar-refractivity contribution in [3.63, 3.8) is 0 Å². The molecule has 21 heavy (non-hydrogen) atoms. The minimum atomic E-state index is -0.123. The molecule has 1 aromatic carbocycles. The zero-order valence-electron chi connectivity index (χ0n) is 12.0. The number of nitrogens with one attached hydrogen (secondary N) is 1. The van der Waals surface area contributed by atoms with Gasteiger partial charge in [-0.1, -0.05) is 0 Å². The fourth-order valence-electron chi connectivity index (χ4n) is 2.48. The van der Waals surface area contributed by atoms with E-state index < -0.39 is 0 Å². The molecule has 2 heterocycles. The molecule has 0 spiro atoms. The second-order valence-electron chi connectivity index (χ2n) is 5.18. The zero-order chi connectivity index (χ0) is 14.7. The summed E-state index contributed by atoms with van der Waals surface area (Å²) >= 11 is 0. The van der Waals surface area contributed by atoms with Crippen molar-refractivity contribution in [2.75, 3.05) is 23.3 Å². The standard InChI is InChI=1S/C14H18N6O/c1-19-13(16-17-18-19)10-14(21)15-11-4-6-12(7-5-11)20-8-2-3-9-20/h4-7H,2-3,8-10H2,1H3,(H,15,21). The van der Waals surface area contributed by atoms with Crippen LogP contribution in [0.3, 0.4) is 0 Å². The van der Waals surface area contributed by atoms with Crippen LogP contribution in [0.1, 0.15) is 18.7 Å². The van der Waals surface area contributed by atoms with Crippen LogP contribution >= 0.6 is 0 Å². The maximum atomic E-state index is 11.9. The van der Waals surface area contributed by atoms with E-state index in [4.69, 9.17) is 0 Å². The quantitative estimate of drug-likeness (QED) is 0.907. The van der Waals surface area contributed by atoms with Crippen molar-refractivity contribution >= 4 is 17.3 Å². The summed E-state index contributed by atoms with van der Waals surface area (Å²) in [4.78, 5) is 14.3. The number of benzene rings is 1. The molecule has 7 nitrogen and oxygen atoms in total. The van der Waals surface area contributed by atoms with E-state index in [-0.39, 0.29) is 12.3 Å². The Labute approximate surface area is 122 Å². The Hall–Kier alpha value is -2.44. The van der Waals surface area contributed by atoms with E-state index in [1.165, 1.54) is 23.2 Å². The molecule has 0 saturated carbocycles. The lowest BCUT2D eigenvalue weighted by Crippen LogP contribution is -2.18. The Balaban J connectivity index is 1.59. The molecule has 1 aliphatic heterocycles. The van der Waals surface area contributed by atoms with Crippen LogP contribution in [0, 0.1) is 0 Å². The van der Waals surface area contributed by atoms with Gasteiger partial charge in [0.25, 0.3) is 0 Å². The summed E-state index contributed by atoms with van der Waals surface area (Å²) in [5.41, 5.74) is 2.00. The van der Waals surface area contributed by atoms with E-state index in [1.807, 2.05) is 24.3 Å². The molecule has 0 unspecified atom stereocenters. The summed E-state index contributed by atoms with van der Waals surface area (Å²) in [6, 6.07) is 7.95. The highest BCUT2D eigenvalue weighted by Gasteiger charge is 2.13. The van der Waals surface area contributed by atoms with Crippen molar-refractivity contribution < 1.29 is 4.79 Å². The molecule has 1 amide bonds. The summed E-state index contributed by atoms with van der Waals surface area (Å²) in [7, 11) is 1.72. The lowest BCUT2D eigenvalue weighted by atomic mass is 10.2. The van der Waals surface area contributed by atoms with E-state index in [9.17, 15) is 4.79 Å². The first kappa shape index (κ1) is 13.5. The molecule has 0 atom stereocenters. The van der Waals surface area contributed by atoms with Crippen LogP contribution in [0.5, 0.6) is 0 Å². The van der Waals surface area contributed by atoms with Gasteiger partial charge in [0.15, 0.2) is 5.82 Å². The van der Waals surface area contributed by atoms with Crippen LogP contribution in [-0.4, -0.2) is 39.2 Å². The topological polar surface area (TPSA) is 75.9 Å². The van der Waals surface area contributed by atoms with Crippen LogP contribution in [0.4, 0.5) is 11.4 Å². The number of tetrazole rings is 1. The van der Waals surface area contributed by atoms with Gasteiger partial charge in [-0.15, -0.1) is 5.10 Å². The van der Waals surface area contributed by atoms with Crippen LogP contribution in [-0.2, 0) is 18.3 Å². The zero-order valence-corrected chi connectivity index (χ0v) is 12.0. The average molecular weight is 286 g/mol. The number of amides is 1. The predicted octanol–water partition coefficient (Wildman–Crippen LogP) is 0.991. The summed E-state index contributed by atoms with van der Waals surface area (Å²) in [6.45, 7) is 2.23. The van der Waals surface area contributed by atoms with Gasteiger partial charge >= 0.3 is 0 Å². The van der Waals surface area contributed by atoms with Crippen LogP contribution in [0.2, 0.25) is 0 Å². The Kier molecular flexibility index (Phi) is 3.81. The van der Waals surface area contributed by atoms with Gasteiger partial charge in [-0.3, -0.25) is 4.79 Å². The predicted molar refractivity (Wildman–Crippen MR) is 79.0 cm³/mol. The fraction of sp³-hybridized carbons (Fsp3) is 0.429. The minimum Gasteiger partial charge on any atom is -0.372 e. The molecule has 0 bridgehead atoms. The van der Waals surface area contributed by atoms with E-state index in [0.29, 0.717) is 5.82 Å². The van der Waals surface area contributed by atoms with Crippen LogP contribution in [0.25, 0.3) is 0 Å². The molecular weight excluding hydrogens is 268 g/mol. The number of aryl methyl sites for hydroxylation is 1. The number of carbonyl (C=O) groups is 1. The van der Waals surface area contributed by atoms with Crippen LogP contribution < -0.4 is 10.2 Å². The molecule has 0 radical (unpaired) electrons. The fourth-order valence-corrected chi connectivity index (χ4v) is 2.48. The number of aromatic nitrogens is 4. The van der Waals surface area contributed by atoms with Crippen molar-refractivity contribution in [3.05, 3.63) is 30.1 Å². The molecule has 7 heteroatoms. The molecule has 2 aromatic rings. The highest BCUT2D eigenvalue weighted by Crippen LogP contribution is 2.22. The van der Waals surface area contributed by atoms with Gasteiger partial charge in [-0.05, 0) is 47.5 Å². The monoisotopic (exact) mass is 286 g/mol. The van der Waals surface area contributed by atoms with Crippen molar-refractivity contribution in [2.24, 2.45) is 7.05 Å². The number of anilines is 2. The third kappa shape index (κ3) is 3.18. The summed E-state index contributed by atoms with van der Waals surface area (Å²) in [5, 5.41) is 13.9. The van der Waals surface area contributed by atoms with E-state index in [1.54, 1.807) is 7.05 Å². The Morgan fingerprint density at radius 2 is 1.95 bits per heavy atom. The molecule has 1 aromatic heterocycles. The first-order valence-electron chi connectivity index (χ1n) is 7.08. The molecular formula is C14H18N6O. The van der Waals surface area contributed by atoms with Gasteiger partial charge in [0, 0.05) is 31.5 Å². The third-order valence-electron chi connectivity index (χ3n) is 3.65. The molecule has 3 rings (SSSR count). The molecule has 110 valence electrons. The first-order valence-corrected chi connectivity index (χ1v) is 7.08. The summed E-state index contributed by atoms with van der Waals surface area (Å²) in [6.07, 6.45) is 2.67. The van der Waals surface area contributed by atoms with Gasteiger partial charge in [0.1, 0.15) is 0 Å². The normalized spacial score (nSPS) is 14.4. The van der Waals surface area contributed by atoms with Crippen LogP contribution in [0.15, 0.2) is 24.3 Å². The largest absolute Gasteiger partial charge is 0.372 e. The SMILES string of the molecule is Cn1nnnc1CC(=O)Nc1ccc(N2CCCC2)cc1. The highest BCUT2D eigenvalue weighted by molar-refractivity contribution is 5.92. The molecule has 1 N–H and O–H groups in total. The van der Waals surface area contributed by atoms with E-state index in [0.717, 1.165) is 18.8 Å². The van der Waals surface area contributed by atoms with Gasteiger partial charge < -0.3 is 10.2 Å². The number of hydrogen-bond donors (Lipinski definition) is 1. The van der Waals surface area contributed by atoms with Crippen molar-refractivity contribution in [3.8, 4) is 0 Å². The Morgan fingerprint density at radius 3 is 2.57 bits per heavy atom. The van der Waals surface area contributed by atoms with E-state index in [2.05, 4.69) is 25.7 Å². The molecule has 1 aliphatic rings. The summed E-state index contributed by atoms with van der Waals surface area (Å²) < 4.78 is 1.50. The lowest BCUT2D eigenvalue weighted by molar-refractivity contribution is -0.115. The lowest BCUT2D eigenvalue weighted by Gasteiger charge is -2.17. The number of hydrogen-bond acceptors (Lipinski definition) is 5. The van der Waals surface area contributed by atoms with Gasteiger partial charge in [0.2, 0.25) is 5.91 Å². The number of rotatable bonds is 4. The van der Waals surface area contributed by atoms with Crippen molar-refractivity contribution in [1.82, 2.24) is 20.2 Å². The molecule has 1 saturated heterocycles. The first-order chi connectivity index (χ1) is 10.2. The van der Waals surface area contributed by atoms with Gasteiger partial charge in [0.05, 0.1) is 6.42 Å². The van der Waals surface area contributed by atoms with E-state index >= 15 is 0 Å². The second kappa shape index (κ2) is 5.90. The maximum Gasteiger partial charge on any atom is 0.232 e. The average Bonchev–Trinajstić information content (AvgIpc) is 3.12. The second-order valence-corrected chi connectivity index (χ2v) is 5.18. The van der Waals surface area contributed by atoms with Crippen molar-refractivity contribution in [2.45, 2.75) is 19.3 Å². The van der Waals surface area contributed by atoms with Gasteiger partial charge in [-0.25, -0.2) is 4.68 Å². The molecule has 1 fully saturated rings. The maximum absolute atomic E-state index is 11.9. The summed E-state index contributed by atoms with van der Waals surface area (Å²) in [5.74, 6) is 0.419. The van der Waals surface area contributed by atoms with Crippen molar-refractivity contribution in [1.29, 1.82) is 0 Å². The third-order valence-corrected chi connectivity index (χ3v) is 3.65. The number of nitrogens with zero attached hydrogens (tertiary/aromatic N) is 5. The molecule has 0 aliphatic carbocycles. The number of carbonyl (C=O) groups excluding carboxylic acids is 1. The minimum absolute atomic E-state index is 0.123. The Bertz CT molecular complexity index is 615. The highest BCUT2D eigenvalue weighted by atomic mass is 16.1. The van der Waals surface area contributed by atoms with Gasteiger partial charge in [-0.2, -0.15) is 0 Å². The smallest absolute Gasteiger partial charge is 0.232 e.